The molecule has 0 spiro atoms. The zero-order chi connectivity index (χ0) is 12.0. The predicted octanol–water partition coefficient (Wildman–Crippen LogP) is 1.18. The average molecular weight is 222 g/mol. The number of benzene rings is 1. The molecular weight excluding hydrogens is 204 g/mol. The summed E-state index contributed by atoms with van der Waals surface area (Å²) in [5.41, 5.74) is 0.962. The second-order valence-corrected chi connectivity index (χ2v) is 3.65. The second-order valence-electron chi connectivity index (χ2n) is 3.65. The van der Waals surface area contributed by atoms with Gasteiger partial charge in [-0.25, -0.2) is 0 Å². The van der Waals surface area contributed by atoms with Crippen LogP contribution in [0.25, 0.3) is 0 Å². The molecular formula is C12H18N2O2. The van der Waals surface area contributed by atoms with Crippen LogP contribution >= 0.6 is 0 Å². The highest BCUT2D eigenvalue weighted by atomic mass is 16.3. The van der Waals surface area contributed by atoms with Crippen LogP contribution in [0.4, 0.5) is 0 Å². The summed E-state index contributed by atoms with van der Waals surface area (Å²) in [6, 6.07) is 7.05. The van der Waals surface area contributed by atoms with Crippen molar-refractivity contribution in [2.45, 2.75) is 19.9 Å². The standard InChI is InChI=1S/C12H18N2O2/c1-3-13-12(16)8-14-9(2)10-5-4-6-11(15)7-10/h4-7,9,14-15H,3,8H2,1-2H3,(H,13,16). The summed E-state index contributed by atoms with van der Waals surface area (Å²) in [5.74, 6) is 0.221. The van der Waals surface area contributed by atoms with E-state index in [0.717, 1.165) is 5.56 Å². The molecule has 0 aliphatic heterocycles. The van der Waals surface area contributed by atoms with E-state index in [0.29, 0.717) is 6.54 Å². The number of hydrogen-bond donors (Lipinski definition) is 3. The van der Waals surface area contributed by atoms with E-state index in [1.54, 1.807) is 18.2 Å². The SMILES string of the molecule is CCNC(=O)CNC(C)c1cccc(O)c1. The van der Waals surface area contributed by atoms with Gasteiger partial charge in [0.2, 0.25) is 5.91 Å². The number of rotatable bonds is 5. The van der Waals surface area contributed by atoms with Gasteiger partial charge in [0.15, 0.2) is 0 Å². The van der Waals surface area contributed by atoms with Gasteiger partial charge in [0, 0.05) is 12.6 Å². The Morgan fingerprint density at radius 2 is 2.25 bits per heavy atom. The largest absolute Gasteiger partial charge is 0.508 e. The third-order valence-electron chi connectivity index (χ3n) is 2.31. The summed E-state index contributed by atoms with van der Waals surface area (Å²) in [7, 11) is 0. The zero-order valence-corrected chi connectivity index (χ0v) is 9.66. The van der Waals surface area contributed by atoms with Crippen molar-refractivity contribution in [3.8, 4) is 5.75 Å². The molecule has 0 aromatic heterocycles. The molecule has 3 N–H and O–H groups in total. The van der Waals surface area contributed by atoms with Crippen molar-refractivity contribution in [3.63, 3.8) is 0 Å². The Morgan fingerprint density at radius 1 is 1.50 bits per heavy atom. The third-order valence-corrected chi connectivity index (χ3v) is 2.31. The first-order chi connectivity index (χ1) is 7.63. The van der Waals surface area contributed by atoms with Gasteiger partial charge in [-0.3, -0.25) is 4.79 Å². The van der Waals surface area contributed by atoms with Gasteiger partial charge in [0.1, 0.15) is 5.75 Å². The van der Waals surface area contributed by atoms with E-state index in [2.05, 4.69) is 10.6 Å². The van der Waals surface area contributed by atoms with Crippen LogP contribution in [0.2, 0.25) is 0 Å². The number of amides is 1. The van der Waals surface area contributed by atoms with Crippen molar-refractivity contribution in [2.75, 3.05) is 13.1 Å². The molecule has 88 valence electrons. The van der Waals surface area contributed by atoms with Crippen molar-refractivity contribution >= 4 is 5.91 Å². The van der Waals surface area contributed by atoms with E-state index >= 15 is 0 Å². The molecule has 0 radical (unpaired) electrons. The number of hydrogen-bond acceptors (Lipinski definition) is 3. The van der Waals surface area contributed by atoms with Gasteiger partial charge in [-0.05, 0) is 31.5 Å². The lowest BCUT2D eigenvalue weighted by atomic mass is 10.1. The van der Waals surface area contributed by atoms with Crippen molar-refractivity contribution in [2.24, 2.45) is 0 Å². The van der Waals surface area contributed by atoms with Gasteiger partial charge in [0.25, 0.3) is 0 Å². The van der Waals surface area contributed by atoms with Crippen LogP contribution in [-0.2, 0) is 4.79 Å². The second kappa shape index (κ2) is 6.12. The number of carbonyl (C=O) groups is 1. The maximum absolute atomic E-state index is 11.2. The van der Waals surface area contributed by atoms with Crippen LogP contribution in [0.5, 0.6) is 5.75 Å². The summed E-state index contributed by atoms with van der Waals surface area (Å²) in [6.45, 7) is 4.76. The summed E-state index contributed by atoms with van der Waals surface area (Å²) in [5, 5.41) is 15.1. The van der Waals surface area contributed by atoms with Crippen LogP contribution in [0.15, 0.2) is 24.3 Å². The maximum atomic E-state index is 11.2. The van der Waals surface area contributed by atoms with Crippen molar-refractivity contribution in [1.82, 2.24) is 10.6 Å². The first kappa shape index (κ1) is 12.5. The minimum absolute atomic E-state index is 0.0190. The van der Waals surface area contributed by atoms with Gasteiger partial charge in [-0.1, -0.05) is 12.1 Å². The lowest BCUT2D eigenvalue weighted by Crippen LogP contribution is -2.34. The summed E-state index contributed by atoms with van der Waals surface area (Å²) >= 11 is 0. The van der Waals surface area contributed by atoms with E-state index in [1.807, 2.05) is 19.9 Å². The van der Waals surface area contributed by atoms with Crippen LogP contribution in [0, 0.1) is 0 Å². The zero-order valence-electron chi connectivity index (χ0n) is 9.66. The van der Waals surface area contributed by atoms with Crippen molar-refractivity contribution in [1.29, 1.82) is 0 Å². The monoisotopic (exact) mass is 222 g/mol. The summed E-state index contributed by atoms with van der Waals surface area (Å²) in [6.07, 6.45) is 0. The molecule has 1 atom stereocenters. The van der Waals surface area contributed by atoms with Gasteiger partial charge in [-0.2, -0.15) is 0 Å². The number of likely N-dealkylation sites (N-methyl/N-ethyl adjacent to an activating group) is 1. The normalized spacial score (nSPS) is 12.1. The van der Waals surface area contributed by atoms with Gasteiger partial charge >= 0.3 is 0 Å². The molecule has 1 unspecified atom stereocenters. The number of aromatic hydroxyl groups is 1. The lowest BCUT2D eigenvalue weighted by Gasteiger charge is -2.14. The van der Waals surface area contributed by atoms with E-state index in [1.165, 1.54) is 0 Å². The molecule has 0 saturated heterocycles. The molecule has 0 fully saturated rings. The number of phenols is 1. The quantitative estimate of drug-likeness (QED) is 0.701. The van der Waals surface area contributed by atoms with Gasteiger partial charge in [0.05, 0.1) is 6.54 Å². The molecule has 4 nitrogen and oxygen atoms in total. The maximum Gasteiger partial charge on any atom is 0.233 e. The Labute approximate surface area is 95.7 Å². The highest BCUT2D eigenvalue weighted by Crippen LogP contribution is 2.17. The van der Waals surface area contributed by atoms with Crippen LogP contribution in [0.1, 0.15) is 25.5 Å². The molecule has 0 saturated carbocycles. The Hall–Kier alpha value is -1.55. The highest BCUT2D eigenvalue weighted by Gasteiger charge is 2.07. The fourth-order valence-corrected chi connectivity index (χ4v) is 1.42. The molecule has 0 heterocycles. The third kappa shape index (κ3) is 3.90. The molecule has 1 aromatic rings. The highest BCUT2D eigenvalue weighted by molar-refractivity contribution is 5.77. The Kier molecular flexibility index (Phi) is 4.79. The fraction of sp³-hybridized carbons (Fsp3) is 0.417. The predicted molar refractivity (Wildman–Crippen MR) is 63.2 cm³/mol. The van der Waals surface area contributed by atoms with E-state index in [-0.39, 0.29) is 24.2 Å². The van der Waals surface area contributed by atoms with Crippen LogP contribution < -0.4 is 10.6 Å². The molecule has 0 aliphatic rings. The van der Waals surface area contributed by atoms with Crippen molar-refractivity contribution in [3.05, 3.63) is 29.8 Å². The van der Waals surface area contributed by atoms with Gasteiger partial charge in [-0.15, -0.1) is 0 Å². The lowest BCUT2D eigenvalue weighted by molar-refractivity contribution is -0.120. The average Bonchev–Trinajstić information content (AvgIpc) is 2.26. The Bertz CT molecular complexity index is 353. The minimum Gasteiger partial charge on any atom is -0.508 e. The number of phenolic OH excluding ortho intramolecular Hbond substituents is 1. The van der Waals surface area contributed by atoms with Crippen LogP contribution in [0.3, 0.4) is 0 Å². The number of carbonyl (C=O) groups excluding carboxylic acids is 1. The Morgan fingerprint density at radius 3 is 2.88 bits per heavy atom. The molecule has 1 rings (SSSR count). The van der Waals surface area contributed by atoms with E-state index in [9.17, 15) is 9.90 Å². The van der Waals surface area contributed by atoms with Crippen LogP contribution in [-0.4, -0.2) is 24.1 Å². The van der Waals surface area contributed by atoms with Crippen molar-refractivity contribution < 1.29 is 9.90 Å². The summed E-state index contributed by atoms with van der Waals surface area (Å²) in [4.78, 5) is 11.2. The molecule has 0 aliphatic carbocycles. The molecule has 1 aromatic carbocycles. The first-order valence-electron chi connectivity index (χ1n) is 5.42. The Balaban J connectivity index is 2.46. The van der Waals surface area contributed by atoms with E-state index in [4.69, 9.17) is 0 Å². The minimum atomic E-state index is -0.0190. The smallest absolute Gasteiger partial charge is 0.233 e. The van der Waals surface area contributed by atoms with Gasteiger partial charge < -0.3 is 15.7 Å². The fourth-order valence-electron chi connectivity index (χ4n) is 1.42. The summed E-state index contributed by atoms with van der Waals surface area (Å²) < 4.78 is 0. The first-order valence-corrected chi connectivity index (χ1v) is 5.42. The molecule has 16 heavy (non-hydrogen) atoms. The number of nitrogens with one attached hydrogen (secondary N) is 2. The topological polar surface area (TPSA) is 61.4 Å². The molecule has 1 amide bonds. The molecule has 0 bridgehead atoms. The molecule has 4 heteroatoms. The van der Waals surface area contributed by atoms with E-state index < -0.39 is 0 Å².